The van der Waals surface area contributed by atoms with E-state index in [1.807, 2.05) is 25.1 Å². The summed E-state index contributed by atoms with van der Waals surface area (Å²) in [6.45, 7) is 5.36. The van der Waals surface area contributed by atoms with Gasteiger partial charge in [0.15, 0.2) is 5.44 Å². The van der Waals surface area contributed by atoms with Crippen molar-refractivity contribution in [2.75, 3.05) is 6.54 Å². The van der Waals surface area contributed by atoms with E-state index in [4.69, 9.17) is 0 Å². The normalized spacial score (nSPS) is 22.8. The Morgan fingerprint density at radius 2 is 1.76 bits per heavy atom. The molecule has 5 heteroatoms. The average Bonchev–Trinajstić information content (AvgIpc) is 2.96. The van der Waals surface area contributed by atoms with E-state index < -0.39 is 15.3 Å². The highest BCUT2D eigenvalue weighted by Gasteiger charge is 2.39. The van der Waals surface area contributed by atoms with E-state index in [2.05, 4.69) is 24.0 Å². The zero-order chi connectivity index (χ0) is 18.0. The molecule has 1 fully saturated rings. The summed E-state index contributed by atoms with van der Waals surface area (Å²) < 4.78 is 25.5. The van der Waals surface area contributed by atoms with Gasteiger partial charge in [-0.2, -0.15) is 0 Å². The number of hydrogen-bond donors (Lipinski definition) is 1. The zero-order valence-corrected chi connectivity index (χ0v) is 15.5. The number of hydrogen-bond acceptors (Lipinski definition) is 4. The minimum absolute atomic E-state index is 0.194. The summed E-state index contributed by atoms with van der Waals surface area (Å²) in [6, 6.07) is 17.1. The van der Waals surface area contributed by atoms with Crippen molar-refractivity contribution in [3.8, 4) is 0 Å². The molecule has 3 rings (SSSR count). The zero-order valence-electron chi connectivity index (χ0n) is 14.7. The Bertz CT molecular complexity index is 803. The maximum atomic E-state index is 12.7. The fourth-order valence-corrected chi connectivity index (χ4v) is 5.01. The molecule has 1 heterocycles. The molecule has 4 nitrogen and oxygen atoms in total. The molecule has 3 atom stereocenters. The molecule has 2 aromatic rings. The number of sulfone groups is 1. The topological polar surface area (TPSA) is 57.6 Å². The maximum absolute atomic E-state index is 12.7. The Balaban J connectivity index is 1.72. The second-order valence-corrected chi connectivity index (χ2v) is 9.05. The van der Waals surface area contributed by atoms with E-state index in [1.165, 1.54) is 5.56 Å². The lowest BCUT2D eigenvalue weighted by Gasteiger charge is -2.22. The Labute approximate surface area is 150 Å². The van der Waals surface area contributed by atoms with E-state index in [0.717, 1.165) is 12.1 Å². The lowest BCUT2D eigenvalue weighted by Crippen LogP contribution is -2.32. The first kappa shape index (κ1) is 18.1. The molecule has 134 valence electrons. The van der Waals surface area contributed by atoms with Crippen LogP contribution in [-0.4, -0.2) is 36.4 Å². The molecule has 1 N–H and O–H groups in total. The van der Waals surface area contributed by atoms with Crippen LogP contribution in [0.5, 0.6) is 0 Å². The summed E-state index contributed by atoms with van der Waals surface area (Å²) in [7, 11) is -3.73. The summed E-state index contributed by atoms with van der Waals surface area (Å²) in [5, 5.41) is 10.6. The number of aliphatic hydroxyl groups is 1. The van der Waals surface area contributed by atoms with Crippen LogP contribution >= 0.6 is 0 Å². The van der Waals surface area contributed by atoms with Crippen molar-refractivity contribution in [3.05, 3.63) is 65.7 Å². The standard InChI is InChI=1S/C20H25NO3S/c1-15-8-10-19(11-9-15)25(23,24)20(22)18-12-16(2)21(14-18)13-17-6-4-3-5-7-17/h3-11,16,18,20,22H,12-14H2,1-2H3/t16-,18-,20?/m1/s1. The predicted molar refractivity (Wildman–Crippen MR) is 98.8 cm³/mol. The molecule has 0 amide bonds. The van der Waals surface area contributed by atoms with Crippen LogP contribution in [0.2, 0.25) is 0 Å². The van der Waals surface area contributed by atoms with Crippen molar-refractivity contribution in [1.29, 1.82) is 0 Å². The number of aliphatic hydroxyl groups excluding tert-OH is 1. The Hall–Kier alpha value is -1.69. The van der Waals surface area contributed by atoms with E-state index in [-0.39, 0.29) is 16.9 Å². The van der Waals surface area contributed by atoms with Crippen molar-refractivity contribution < 1.29 is 13.5 Å². The third kappa shape index (κ3) is 3.94. The molecule has 0 aliphatic carbocycles. The van der Waals surface area contributed by atoms with E-state index in [9.17, 15) is 13.5 Å². The second kappa shape index (κ2) is 7.28. The van der Waals surface area contributed by atoms with Crippen LogP contribution in [0.3, 0.4) is 0 Å². The van der Waals surface area contributed by atoms with Crippen molar-refractivity contribution in [2.45, 2.75) is 43.2 Å². The minimum atomic E-state index is -3.73. The molecular weight excluding hydrogens is 334 g/mol. The maximum Gasteiger partial charge on any atom is 0.205 e. The second-order valence-electron chi connectivity index (χ2n) is 7.01. The molecule has 1 aliphatic heterocycles. The number of benzene rings is 2. The highest BCUT2D eigenvalue weighted by atomic mass is 32.2. The summed E-state index contributed by atoms with van der Waals surface area (Å²) in [6.07, 6.45) is 0.680. The lowest BCUT2D eigenvalue weighted by molar-refractivity contribution is 0.176. The molecule has 1 saturated heterocycles. The van der Waals surface area contributed by atoms with Crippen LogP contribution < -0.4 is 0 Å². The van der Waals surface area contributed by atoms with Crippen molar-refractivity contribution in [1.82, 2.24) is 4.90 Å². The molecule has 2 aromatic carbocycles. The molecular formula is C20H25NO3S. The number of aryl methyl sites for hydroxylation is 1. The van der Waals surface area contributed by atoms with Gasteiger partial charge < -0.3 is 5.11 Å². The van der Waals surface area contributed by atoms with Gasteiger partial charge in [0.25, 0.3) is 0 Å². The van der Waals surface area contributed by atoms with Gasteiger partial charge in [-0.05, 0) is 38.0 Å². The average molecular weight is 359 g/mol. The summed E-state index contributed by atoms with van der Waals surface area (Å²) in [5.74, 6) is -0.273. The smallest absolute Gasteiger partial charge is 0.205 e. The van der Waals surface area contributed by atoms with Crippen LogP contribution in [-0.2, 0) is 16.4 Å². The van der Waals surface area contributed by atoms with Crippen LogP contribution in [0.25, 0.3) is 0 Å². The number of nitrogens with zero attached hydrogens (tertiary/aromatic N) is 1. The largest absolute Gasteiger partial charge is 0.376 e. The summed E-state index contributed by atoms with van der Waals surface area (Å²) >= 11 is 0. The summed E-state index contributed by atoms with van der Waals surface area (Å²) in [5.41, 5.74) is 0.835. The lowest BCUT2D eigenvalue weighted by atomic mass is 10.1. The molecule has 0 bridgehead atoms. The fourth-order valence-electron chi connectivity index (χ4n) is 3.51. The molecule has 0 radical (unpaired) electrons. The van der Waals surface area contributed by atoms with Gasteiger partial charge in [-0.15, -0.1) is 0 Å². The van der Waals surface area contributed by atoms with Crippen LogP contribution in [0, 0.1) is 12.8 Å². The van der Waals surface area contributed by atoms with Gasteiger partial charge in [0.1, 0.15) is 0 Å². The molecule has 1 unspecified atom stereocenters. The van der Waals surface area contributed by atoms with Gasteiger partial charge in [0.05, 0.1) is 4.90 Å². The van der Waals surface area contributed by atoms with Crippen molar-refractivity contribution >= 4 is 9.84 Å². The Morgan fingerprint density at radius 1 is 1.12 bits per heavy atom. The molecule has 1 aliphatic rings. The van der Waals surface area contributed by atoms with E-state index in [0.29, 0.717) is 13.0 Å². The van der Waals surface area contributed by atoms with Gasteiger partial charge in [0.2, 0.25) is 9.84 Å². The van der Waals surface area contributed by atoms with Crippen LogP contribution in [0.4, 0.5) is 0 Å². The van der Waals surface area contributed by atoms with Gasteiger partial charge >= 0.3 is 0 Å². The first-order valence-corrected chi connectivity index (χ1v) is 10.2. The van der Waals surface area contributed by atoms with Gasteiger partial charge in [-0.1, -0.05) is 48.0 Å². The van der Waals surface area contributed by atoms with Crippen LogP contribution in [0.15, 0.2) is 59.5 Å². The van der Waals surface area contributed by atoms with Gasteiger partial charge in [0, 0.05) is 25.0 Å². The quantitative estimate of drug-likeness (QED) is 0.892. The monoisotopic (exact) mass is 359 g/mol. The van der Waals surface area contributed by atoms with Gasteiger partial charge in [-0.3, -0.25) is 4.90 Å². The fraction of sp³-hybridized carbons (Fsp3) is 0.400. The predicted octanol–water partition coefficient (Wildman–Crippen LogP) is 3.00. The third-order valence-electron chi connectivity index (χ3n) is 5.04. The molecule has 0 spiro atoms. The Morgan fingerprint density at radius 3 is 2.40 bits per heavy atom. The number of rotatable bonds is 5. The molecule has 25 heavy (non-hydrogen) atoms. The molecule has 0 saturated carbocycles. The first-order chi connectivity index (χ1) is 11.9. The van der Waals surface area contributed by atoms with Crippen molar-refractivity contribution in [2.24, 2.45) is 5.92 Å². The first-order valence-electron chi connectivity index (χ1n) is 8.64. The van der Waals surface area contributed by atoms with E-state index >= 15 is 0 Å². The minimum Gasteiger partial charge on any atom is -0.376 e. The Kier molecular flexibility index (Phi) is 5.27. The molecule has 0 aromatic heterocycles. The SMILES string of the molecule is Cc1ccc(S(=O)(=O)C(O)[C@@H]2C[C@@H](C)N(Cc3ccccc3)C2)cc1. The number of likely N-dealkylation sites (tertiary alicyclic amines) is 1. The highest BCUT2D eigenvalue weighted by molar-refractivity contribution is 7.91. The summed E-state index contributed by atoms with van der Waals surface area (Å²) in [4.78, 5) is 2.44. The highest BCUT2D eigenvalue weighted by Crippen LogP contribution is 2.31. The van der Waals surface area contributed by atoms with E-state index in [1.54, 1.807) is 24.3 Å². The van der Waals surface area contributed by atoms with Gasteiger partial charge in [-0.25, -0.2) is 8.42 Å². The van der Waals surface area contributed by atoms with Crippen molar-refractivity contribution in [3.63, 3.8) is 0 Å². The van der Waals surface area contributed by atoms with Crippen LogP contribution in [0.1, 0.15) is 24.5 Å². The third-order valence-corrected chi connectivity index (χ3v) is 6.99.